The van der Waals surface area contributed by atoms with E-state index in [0.717, 1.165) is 12.2 Å². The quantitative estimate of drug-likeness (QED) is 0.191. The molecule has 2 fully saturated rings. The fraction of sp³-hybridized carbons (Fsp3) is 0.394. The van der Waals surface area contributed by atoms with Gasteiger partial charge in [-0.15, -0.1) is 5.10 Å². The molecule has 5 aromatic rings. The van der Waals surface area contributed by atoms with E-state index in [-0.39, 0.29) is 37.3 Å². The zero-order valence-electron chi connectivity index (χ0n) is 27.4. The molecule has 14 nitrogen and oxygen atoms in total. The van der Waals surface area contributed by atoms with Crippen molar-refractivity contribution >= 4 is 34.7 Å². The van der Waals surface area contributed by atoms with Crippen LogP contribution in [0.25, 0.3) is 5.69 Å². The van der Waals surface area contributed by atoms with Gasteiger partial charge in [0.25, 0.3) is 0 Å². The van der Waals surface area contributed by atoms with Crippen LogP contribution in [-0.4, -0.2) is 85.0 Å². The minimum Gasteiger partial charge on any atom is -0.489 e. The lowest BCUT2D eigenvalue weighted by atomic mass is 10.1. The summed E-state index contributed by atoms with van der Waals surface area (Å²) in [6.07, 6.45) is 4.94. The minimum absolute atomic E-state index is 0.0396. The highest BCUT2D eigenvalue weighted by molar-refractivity contribution is 6.35. The lowest BCUT2D eigenvalue weighted by Gasteiger charge is -2.36. The van der Waals surface area contributed by atoms with Gasteiger partial charge in [0.1, 0.15) is 49.3 Å². The molecule has 2 aliphatic rings. The number of tetrazole rings is 1. The number of rotatable bonds is 11. The predicted molar refractivity (Wildman–Crippen MR) is 184 cm³/mol. The van der Waals surface area contributed by atoms with Crippen LogP contribution in [0.1, 0.15) is 31.9 Å². The number of halogens is 3. The molecule has 0 N–H and O–H groups in total. The van der Waals surface area contributed by atoms with Crippen molar-refractivity contribution in [3.8, 4) is 11.4 Å². The molecule has 0 saturated carbocycles. The van der Waals surface area contributed by atoms with Gasteiger partial charge in [-0.25, -0.2) is 28.1 Å². The molecular weight excluding hydrogens is 690 g/mol. The molecule has 0 aliphatic carbocycles. The van der Waals surface area contributed by atoms with E-state index in [4.69, 9.17) is 37.4 Å². The third kappa shape index (κ3) is 6.90. The maximum atomic E-state index is 15.3. The van der Waals surface area contributed by atoms with Crippen molar-refractivity contribution < 1.29 is 18.6 Å². The summed E-state index contributed by atoms with van der Waals surface area (Å²) in [7, 11) is 0. The average molecular weight is 726 g/mol. The molecule has 2 aliphatic heterocycles. The second kappa shape index (κ2) is 14.3. The number of ether oxygens (including phenoxy) is 3. The van der Waals surface area contributed by atoms with E-state index in [1.807, 2.05) is 30.9 Å². The highest BCUT2D eigenvalue weighted by atomic mass is 35.5. The van der Waals surface area contributed by atoms with E-state index in [1.54, 1.807) is 36.5 Å². The van der Waals surface area contributed by atoms with Crippen LogP contribution in [0.3, 0.4) is 0 Å². The van der Waals surface area contributed by atoms with E-state index >= 15 is 4.39 Å². The summed E-state index contributed by atoms with van der Waals surface area (Å²) in [5.41, 5.74) is 1.25. The van der Waals surface area contributed by atoms with Crippen molar-refractivity contribution in [2.45, 2.75) is 44.7 Å². The van der Waals surface area contributed by atoms with E-state index in [1.165, 1.54) is 32.7 Å². The molecule has 5 heterocycles. The summed E-state index contributed by atoms with van der Waals surface area (Å²) in [6.45, 7) is 7.05. The molecule has 0 radical (unpaired) electrons. The Morgan fingerprint density at radius 1 is 1.06 bits per heavy atom. The summed E-state index contributed by atoms with van der Waals surface area (Å²) in [5, 5.41) is 16.5. The SMILES string of the molecule is CC[C@H](C)n1ncn(-c2ccc(N3CCN(c4ccc(OC[C@@H]5CO[C@@](Cn6cnnn6)(c6ccc(Cl)cc6Cl)O5)cn4)CC3)c(F)c2)c1=O. The second-order valence-corrected chi connectivity index (χ2v) is 13.0. The van der Waals surface area contributed by atoms with Gasteiger partial charge in [0.05, 0.1) is 35.2 Å². The molecular formula is C33H35Cl2FN10O4. The van der Waals surface area contributed by atoms with Gasteiger partial charge < -0.3 is 24.0 Å². The summed E-state index contributed by atoms with van der Waals surface area (Å²) < 4.78 is 38.3. The fourth-order valence-electron chi connectivity index (χ4n) is 6.10. The normalized spacial score (nSPS) is 20.0. The first-order valence-corrected chi connectivity index (χ1v) is 17.0. The third-order valence-corrected chi connectivity index (χ3v) is 9.52. The number of pyridine rings is 1. The highest BCUT2D eigenvalue weighted by Gasteiger charge is 2.46. The average Bonchev–Trinajstić information content (AvgIpc) is 3.88. The third-order valence-electron chi connectivity index (χ3n) is 8.97. The Bertz CT molecular complexity index is 1990. The molecule has 17 heteroatoms. The Labute approximate surface area is 296 Å². The van der Waals surface area contributed by atoms with Crippen molar-refractivity contribution in [2.75, 3.05) is 49.2 Å². The monoisotopic (exact) mass is 724 g/mol. The summed E-state index contributed by atoms with van der Waals surface area (Å²) >= 11 is 12.7. The van der Waals surface area contributed by atoms with Gasteiger partial charge in [-0.2, -0.15) is 5.10 Å². The molecule has 262 valence electrons. The van der Waals surface area contributed by atoms with E-state index in [0.29, 0.717) is 58.9 Å². The highest BCUT2D eigenvalue weighted by Crippen LogP contribution is 2.40. The van der Waals surface area contributed by atoms with Gasteiger partial charge >= 0.3 is 5.69 Å². The van der Waals surface area contributed by atoms with Gasteiger partial charge in [0.2, 0.25) is 5.79 Å². The zero-order valence-corrected chi connectivity index (χ0v) is 28.9. The van der Waals surface area contributed by atoms with Gasteiger partial charge in [-0.3, -0.25) is 0 Å². The predicted octanol–water partition coefficient (Wildman–Crippen LogP) is 4.51. The molecule has 3 aromatic heterocycles. The molecule has 0 amide bonds. The molecule has 0 unspecified atom stereocenters. The summed E-state index contributed by atoms with van der Waals surface area (Å²) in [4.78, 5) is 21.6. The Hall–Kier alpha value is -4.57. The minimum atomic E-state index is -1.24. The first-order chi connectivity index (χ1) is 24.2. The van der Waals surface area contributed by atoms with E-state index in [9.17, 15) is 4.79 Å². The summed E-state index contributed by atoms with van der Waals surface area (Å²) in [5.74, 6) is -0.255. The van der Waals surface area contributed by atoms with Gasteiger partial charge in [-0.1, -0.05) is 36.2 Å². The zero-order chi connectivity index (χ0) is 34.8. The standard InChI is InChI=1S/C33H35Cl2FN10O4/c1-3-22(2)46-32(47)45(21-39-46)24-5-8-30(29(36)15-24)42-10-12-43(13-11-42)31-9-6-25(16-37-31)48-17-26-18-49-33(50-26,19-44-20-38-40-41-44)27-7-4-23(34)14-28(27)35/h4-9,14-16,20-22,26H,3,10-13,17-19H2,1-2H3/t22-,26+,33+/m0/s1. The molecule has 0 bridgehead atoms. The number of aromatic nitrogens is 8. The second-order valence-electron chi connectivity index (χ2n) is 12.2. The van der Waals surface area contributed by atoms with Crippen molar-refractivity contribution in [1.82, 2.24) is 39.5 Å². The van der Waals surface area contributed by atoms with Crippen molar-refractivity contribution in [3.05, 3.63) is 99.3 Å². The first-order valence-electron chi connectivity index (χ1n) is 16.3. The lowest BCUT2D eigenvalue weighted by molar-refractivity contribution is -0.190. The summed E-state index contributed by atoms with van der Waals surface area (Å²) in [6, 6.07) is 13.7. The molecule has 0 spiro atoms. The number of hydrogen-bond donors (Lipinski definition) is 0. The van der Waals surface area contributed by atoms with E-state index in [2.05, 4.69) is 30.5 Å². The van der Waals surface area contributed by atoms with Crippen LogP contribution in [0.15, 0.2) is 72.2 Å². The van der Waals surface area contributed by atoms with Crippen LogP contribution in [0, 0.1) is 5.82 Å². The van der Waals surface area contributed by atoms with Crippen LogP contribution >= 0.6 is 23.2 Å². The topological polar surface area (TPSA) is 130 Å². The number of nitrogens with zero attached hydrogens (tertiary/aromatic N) is 10. The van der Waals surface area contributed by atoms with Crippen molar-refractivity contribution in [1.29, 1.82) is 0 Å². The van der Waals surface area contributed by atoms with Gasteiger partial charge in [-0.05, 0) is 60.2 Å². The van der Waals surface area contributed by atoms with E-state index < -0.39 is 11.9 Å². The van der Waals surface area contributed by atoms with Crippen LogP contribution in [0.2, 0.25) is 10.0 Å². The number of benzene rings is 2. The van der Waals surface area contributed by atoms with Crippen molar-refractivity contribution in [2.24, 2.45) is 0 Å². The Balaban J connectivity index is 0.939. The van der Waals surface area contributed by atoms with Gasteiger partial charge in [0, 0.05) is 42.8 Å². The maximum absolute atomic E-state index is 15.3. The molecule has 3 atom stereocenters. The largest absolute Gasteiger partial charge is 0.489 e. The molecule has 7 rings (SSSR count). The maximum Gasteiger partial charge on any atom is 0.350 e. The smallest absolute Gasteiger partial charge is 0.350 e. The van der Waals surface area contributed by atoms with Crippen LogP contribution < -0.4 is 20.2 Å². The number of hydrogen-bond acceptors (Lipinski definition) is 11. The molecule has 2 saturated heterocycles. The van der Waals surface area contributed by atoms with Crippen LogP contribution in [0.5, 0.6) is 5.75 Å². The first kappa shape index (κ1) is 33.9. The van der Waals surface area contributed by atoms with Gasteiger partial charge in [0.15, 0.2) is 0 Å². The number of anilines is 2. The Morgan fingerprint density at radius 2 is 1.88 bits per heavy atom. The molecule has 2 aromatic carbocycles. The van der Waals surface area contributed by atoms with Crippen LogP contribution in [0.4, 0.5) is 15.9 Å². The lowest BCUT2D eigenvalue weighted by Crippen LogP contribution is -2.47. The van der Waals surface area contributed by atoms with Crippen molar-refractivity contribution in [3.63, 3.8) is 0 Å². The molecule has 50 heavy (non-hydrogen) atoms. The Kier molecular flexibility index (Phi) is 9.73. The fourth-order valence-corrected chi connectivity index (χ4v) is 6.65. The van der Waals surface area contributed by atoms with Crippen LogP contribution in [-0.2, 0) is 21.8 Å². The Morgan fingerprint density at radius 3 is 2.58 bits per heavy atom. The number of piperazine rings is 1.